The minimum absolute atomic E-state index is 0.0238. The fourth-order valence-corrected chi connectivity index (χ4v) is 2.63. The van der Waals surface area contributed by atoms with Crippen LogP contribution in [0.1, 0.15) is 11.1 Å². The van der Waals surface area contributed by atoms with Crippen molar-refractivity contribution in [3.63, 3.8) is 0 Å². The summed E-state index contributed by atoms with van der Waals surface area (Å²) in [5.74, 6) is 0.170. The molecule has 1 N–H and O–H groups in total. The van der Waals surface area contributed by atoms with Gasteiger partial charge in [0.25, 0.3) is 5.91 Å². The van der Waals surface area contributed by atoms with Gasteiger partial charge < -0.3 is 4.74 Å². The fraction of sp³-hybridized carbons (Fsp3) is 0.0417. The van der Waals surface area contributed by atoms with Gasteiger partial charge in [0, 0.05) is 0 Å². The summed E-state index contributed by atoms with van der Waals surface area (Å²) in [6.07, 6.45) is 3.04. The zero-order valence-corrected chi connectivity index (χ0v) is 15.9. The van der Waals surface area contributed by atoms with Gasteiger partial charge in [-0.15, -0.1) is 0 Å². The monoisotopic (exact) mass is 381 g/mol. The molecule has 29 heavy (non-hydrogen) atoms. The first-order valence-electron chi connectivity index (χ1n) is 8.94. The molecule has 0 aliphatic rings. The van der Waals surface area contributed by atoms with Crippen LogP contribution in [0.15, 0.2) is 89.5 Å². The predicted octanol–water partition coefficient (Wildman–Crippen LogP) is 4.42. The Bertz CT molecular complexity index is 1060. The lowest BCUT2D eigenvalue weighted by molar-refractivity contribution is -0.117. The molecule has 0 spiro atoms. The van der Waals surface area contributed by atoms with E-state index >= 15 is 0 Å². The van der Waals surface area contributed by atoms with Crippen LogP contribution in [-0.2, 0) is 4.79 Å². The van der Waals surface area contributed by atoms with E-state index in [0.717, 1.165) is 28.0 Å². The Morgan fingerprint density at radius 3 is 2.17 bits per heavy atom. The average Bonchev–Trinajstić information content (AvgIpc) is 2.79. The van der Waals surface area contributed by atoms with Gasteiger partial charge in [0.15, 0.2) is 0 Å². The van der Waals surface area contributed by atoms with Gasteiger partial charge in [-0.25, -0.2) is 5.43 Å². The van der Waals surface area contributed by atoms with Crippen molar-refractivity contribution in [1.82, 2.24) is 5.43 Å². The molecule has 0 aliphatic carbocycles. The number of nitrogens with one attached hydrogen (secondary N) is 1. The summed E-state index contributed by atoms with van der Waals surface area (Å²) in [6.45, 7) is 0. The summed E-state index contributed by atoms with van der Waals surface area (Å²) in [5, 5.41) is 13.2. The third-order valence-electron chi connectivity index (χ3n) is 4.19. The van der Waals surface area contributed by atoms with Crippen LogP contribution < -0.4 is 10.2 Å². The number of carbonyl (C=O) groups excluding carboxylic acids is 1. The van der Waals surface area contributed by atoms with E-state index in [1.54, 1.807) is 19.2 Å². The van der Waals surface area contributed by atoms with Crippen molar-refractivity contribution in [3.05, 3.63) is 95.6 Å². The smallest absolute Gasteiger partial charge is 0.282 e. The van der Waals surface area contributed by atoms with E-state index in [9.17, 15) is 10.1 Å². The number of ether oxygens (including phenoxy) is 1. The first-order valence-corrected chi connectivity index (χ1v) is 8.94. The fourth-order valence-electron chi connectivity index (χ4n) is 2.63. The van der Waals surface area contributed by atoms with E-state index in [1.807, 2.05) is 72.8 Å². The number of carbonyl (C=O) groups is 1. The molecule has 5 heteroatoms. The first-order chi connectivity index (χ1) is 14.2. The Morgan fingerprint density at radius 1 is 0.931 bits per heavy atom. The second kappa shape index (κ2) is 9.67. The molecule has 3 aromatic rings. The summed E-state index contributed by atoms with van der Waals surface area (Å²) in [5.41, 5.74) is 6.08. The molecular formula is C24H19N3O2. The molecule has 0 fully saturated rings. The van der Waals surface area contributed by atoms with Gasteiger partial charge in [0.05, 0.1) is 13.3 Å². The largest absolute Gasteiger partial charge is 0.497 e. The van der Waals surface area contributed by atoms with Crippen LogP contribution in [0.4, 0.5) is 0 Å². The van der Waals surface area contributed by atoms with Crippen LogP contribution in [0.2, 0.25) is 0 Å². The number of amides is 1. The normalized spacial score (nSPS) is 11.1. The Labute approximate surface area is 169 Å². The minimum Gasteiger partial charge on any atom is -0.497 e. The molecule has 0 saturated heterocycles. The van der Waals surface area contributed by atoms with Gasteiger partial charge in [-0.1, -0.05) is 54.6 Å². The van der Waals surface area contributed by atoms with Gasteiger partial charge >= 0.3 is 0 Å². The Hall–Kier alpha value is -4.17. The Kier molecular flexibility index (Phi) is 6.53. The highest BCUT2D eigenvalue weighted by Crippen LogP contribution is 2.20. The molecule has 3 aromatic carbocycles. The van der Waals surface area contributed by atoms with Crippen LogP contribution in [0.3, 0.4) is 0 Å². The molecule has 0 heterocycles. The van der Waals surface area contributed by atoms with E-state index in [-0.39, 0.29) is 5.57 Å². The summed E-state index contributed by atoms with van der Waals surface area (Å²) in [7, 11) is 1.59. The Balaban J connectivity index is 1.66. The molecule has 5 nitrogen and oxygen atoms in total. The van der Waals surface area contributed by atoms with Crippen molar-refractivity contribution in [2.45, 2.75) is 0 Å². The maximum absolute atomic E-state index is 12.2. The average molecular weight is 381 g/mol. The van der Waals surface area contributed by atoms with Gasteiger partial charge in [-0.2, -0.15) is 10.4 Å². The van der Waals surface area contributed by atoms with Gasteiger partial charge in [0.1, 0.15) is 17.4 Å². The second-order valence-electron chi connectivity index (χ2n) is 6.13. The number of hydrogen-bond acceptors (Lipinski definition) is 4. The van der Waals surface area contributed by atoms with Crippen molar-refractivity contribution in [2.24, 2.45) is 5.10 Å². The van der Waals surface area contributed by atoms with Gasteiger partial charge in [0.2, 0.25) is 0 Å². The van der Waals surface area contributed by atoms with Crippen LogP contribution >= 0.6 is 0 Å². The van der Waals surface area contributed by atoms with Gasteiger partial charge in [-0.3, -0.25) is 4.79 Å². The molecule has 1 amide bonds. The standard InChI is InChI=1S/C24H19N3O2/c1-29-23-13-9-19(10-14-23)17-26-27-24(28)22(16-25)15-18-7-11-21(12-8-18)20-5-3-2-4-6-20/h2-15,17H,1H3,(H,27,28)/b22-15+,26-17+. The summed E-state index contributed by atoms with van der Waals surface area (Å²) < 4.78 is 5.09. The number of methoxy groups -OCH3 is 1. The molecule has 0 atom stereocenters. The van der Waals surface area contributed by atoms with E-state index in [4.69, 9.17) is 4.74 Å². The number of benzene rings is 3. The third-order valence-corrected chi connectivity index (χ3v) is 4.19. The van der Waals surface area contributed by atoms with E-state index in [1.165, 1.54) is 12.3 Å². The maximum atomic E-state index is 12.2. The summed E-state index contributed by atoms with van der Waals surface area (Å²) in [4.78, 5) is 12.2. The lowest BCUT2D eigenvalue weighted by Gasteiger charge is -2.03. The molecule has 142 valence electrons. The topological polar surface area (TPSA) is 74.5 Å². The van der Waals surface area contributed by atoms with E-state index < -0.39 is 5.91 Å². The van der Waals surface area contributed by atoms with Crippen LogP contribution in [-0.4, -0.2) is 19.2 Å². The van der Waals surface area contributed by atoms with Gasteiger partial charge in [-0.05, 0) is 52.6 Å². The third kappa shape index (κ3) is 5.41. The zero-order chi connectivity index (χ0) is 20.5. The SMILES string of the molecule is COc1ccc(/C=N/NC(=O)/C(C#N)=C/c2ccc(-c3ccccc3)cc2)cc1. The predicted molar refractivity (Wildman–Crippen MR) is 114 cm³/mol. The highest BCUT2D eigenvalue weighted by molar-refractivity contribution is 6.02. The number of rotatable bonds is 6. The number of hydrazone groups is 1. The molecule has 0 radical (unpaired) electrons. The van der Waals surface area contributed by atoms with E-state index in [0.29, 0.717) is 0 Å². The molecule has 0 bridgehead atoms. The molecule has 0 aliphatic heterocycles. The quantitative estimate of drug-likeness (QED) is 0.297. The first kappa shape index (κ1) is 19.6. The summed E-state index contributed by atoms with van der Waals surface area (Å²) in [6, 6.07) is 26.8. The molecule has 0 unspecified atom stereocenters. The van der Waals surface area contributed by atoms with Crippen molar-refractivity contribution >= 4 is 18.2 Å². The molecule has 0 saturated carbocycles. The maximum Gasteiger partial charge on any atom is 0.282 e. The van der Waals surface area contributed by atoms with Crippen molar-refractivity contribution in [1.29, 1.82) is 5.26 Å². The zero-order valence-electron chi connectivity index (χ0n) is 15.9. The highest BCUT2D eigenvalue weighted by atomic mass is 16.5. The molecule has 3 rings (SSSR count). The van der Waals surface area contributed by atoms with Crippen molar-refractivity contribution < 1.29 is 9.53 Å². The van der Waals surface area contributed by atoms with Crippen LogP contribution in [0, 0.1) is 11.3 Å². The number of nitrogens with zero attached hydrogens (tertiary/aromatic N) is 2. The Morgan fingerprint density at radius 2 is 1.55 bits per heavy atom. The van der Waals surface area contributed by atoms with Crippen molar-refractivity contribution in [2.75, 3.05) is 7.11 Å². The number of hydrogen-bond donors (Lipinski definition) is 1. The number of nitriles is 1. The molecule has 0 aromatic heterocycles. The second-order valence-corrected chi connectivity index (χ2v) is 6.13. The molecular weight excluding hydrogens is 362 g/mol. The van der Waals surface area contributed by atoms with Crippen molar-refractivity contribution in [3.8, 4) is 22.9 Å². The van der Waals surface area contributed by atoms with Crippen LogP contribution in [0.5, 0.6) is 5.75 Å². The lowest BCUT2D eigenvalue weighted by Crippen LogP contribution is -2.19. The lowest BCUT2D eigenvalue weighted by atomic mass is 10.0. The van der Waals surface area contributed by atoms with E-state index in [2.05, 4.69) is 10.5 Å². The highest BCUT2D eigenvalue weighted by Gasteiger charge is 2.08. The minimum atomic E-state index is -0.565. The van der Waals surface area contributed by atoms with Crippen LogP contribution in [0.25, 0.3) is 17.2 Å². The summed E-state index contributed by atoms with van der Waals surface area (Å²) >= 11 is 0.